The normalized spacial score (nSPS) is 36.6. The number of fused-ring (bicyclic) bond motifs is 1. The molecular formula is C30H38O10. The van der Waals surface area contributed by atoms with Crippen LogP contribution in [-0.2, 0) is 55.9 Å². The van der Waals surface area contributed by atoms with Crippen LogP contribution in [0, 0.1) is 0 Å². The lowest BCUT2D eigenvalue weighted by molar-refractivity contribution is -0.402. The van der Waals surface area contributed by atoms with Gasteiger partial charge in [0.1, 0.15) is 12.2 Å². The van der Waals surface area contributed by atoms with Gasteiger partial charge >= 0.3 is 0 Å². The molecule has 5 rings (SSSR count). The minimum atomic E-state index is -2.06. The Morgan fingerprint density at radius 2 is 1.52 bits per heavy atom. The molecule has 0 aromatic heterocycles. The van der Waals surface area contributed by atoms with Gasteiger partial charge in [-0.2, -0.15) is 0 Å². The van der Waals surface area contributed by atoms with E-state index in [1.165, 1.54) is 7.11 Å². The first-order valence-corrected chi connectivity index (χ1v) is 13.4. The van der Waals surface area contributed by atoms with Gasteiger partial charge in [-0.3, -0.25) is 0 Å². The fourth-order valence-electron chi connectivity index (χ4n) is 6.25. The number of hydrogen-bond acceptors (Lipinski definition) is 10. The zero-order valence-corrected chi connectivity index (χ0v) is 23.3. The van der Waals surface area contributed by atoms with Gasteiger partial charge in [0.05, 0.1) is 19.8 Å². The molecule has 3 aliphatic rings. The molecule has 2 aromatic carbocycles. The monoisotopic (exact) mass is 558 g/mol. The molecule has 3 saturated heterocycles. The summed E-state index contributed by atoms with van der Waals surface area (Å²) in [6, 6.07) is 19.3. The number of aldehydes is 1. The van der Waals surface area contributed by atoms with Crippen molar-refractivity contribution >= 4 is 6.29 Å². The first-order chi connectivity index (χ1) is 19.3. The highest BCUT2D eigenvalue weighted by molar-refractivity contribution is 5.62. The second-order valence-electron chi connectivity index (χ2n) is 10.6. The molecule has 0 amide bonds. The third-order valence-electron chi connectivity index (χ3n) is 8.47. The minimum absolute atomic E-state index is 0.119. The first-order valence-electron chi connectivity index (χ1n) is 13.4. The number of aliphatic hydroxyl groups is 1. The van der Waals surface area contributed by atoms with Crippen molar-refractivity contribution in [2.24, 2.45) is 0 Å². The van der Waals surface area contributed by atoms with Crippen LogP contribution in [0.1, 0.15) is 30.9 Å². The summed E-state index contributed by atoms with van der Waals surface area (Å²) in [5, 5.41) is 12.4. The van der Waals surface area contributed by atoms with Crippen LogP contribution in [0.2, 0.25) is 0 Å². The Labute approximate surface area is 234 Å². The SMILES string of the molecule is COC(CC[C@]12O[C@H](C=O)[C@@]3(O)C(C)(OC)OC[C@@]3(O1)[C@H](OCc1ccccc1)[C@H]2OCc1ccccc1)OC. The molecular weight excluding hydrogens is 520 g/mol. The maximum atomic E-state index is 12.6. The van der Waals surface area contributed by atoms with Crippen molar-refractivity contribution in [3.05, 3.63) is 71.8 Å². The summed E-state index contributed by atoms with van der Waals surface area (Å²) >= 11 is 0. The van der Waals surface area contributed by atoms with Crippen LogP contribution in [0.15, 0.2) is 60.7 Å². The van der Waals surface area contributed by atoms with E-state index in [0.717, 1.165) is 11.1 Å². The molecule has 218 valence electrons. The van der Waals surface area contributed by atoms with Gasteiger partial charge < -0.3 is 47.8 Å². The Balaban J connectivity index is 1.59. The van der Waals surface area contributed by atoms with Crippen LogP contribution in [0.25, 0.3) is 0 Å². The van der Waals surface area contributed by atoms with E-state index in [4.69, 9.17) is 37.9 Å². The third-order valence-corrected chi connectivity index (χ3v) is 8.47. The van der Waals surface area contributed by atoms with Crippen molar-refractivity contribution in [2.75, 3.05) is 27.9 Å². The average Bonchev–Trinajstić information content (AvgIpc) is 3.37. The zero-order valence-electron chi connectivity index (χ0n) is 23.3. The van der Waals surface area contributed by atoms with Crippen LogP contribution in [0.5, 0.6) is 0 Å². The number of hydrogen-bond donors (Lipinski definition) is 1. The highest BCUT2D eigenvalue weighted by atomic mass is 16.8. The fraction of sp³-hybridized carbons (Fsp3) is 0.567. The van der Waals surface area contributed by atoms with Crippen molar-refractivity contribution in [3.63, 3.8) is 0 Å². The van der Waals surface area contributed by atoms with Gasteiger partial charge in [-0.25, -0.2) is 0 Å². The second kappa shape index (κ2) is 11.6. The van der Waals surface area contributed by atoms with Gasteiger partial charge in [-0.05, 0) is 18.1 Å². The number of methoxy groups -OCH3 is 3. The third kappa shape index (κ3) is 4.61. The summed E-state index contributed by atoms with van der Waals surface area (Å²) in [4.78, 5) is 12.6. The van der Waals surface area contributed by atoms with Crippen molar-refractivity contribution in [2.45, 2.75) is 80.4 Å². The van der Waals surface area contributed by atoms with E-state index in [1.54, 1.807) is 21.1 Å². The van der Waals surface area contributed by atoms with Gasteiger partial charge in [0, 0.05) is 34.2 Å². The minimum Gasteiger partial charge on any atom is -0.378 e. The van der Waals surface area contributed by atoms with E-state index in [1.807, 2.05) is 60.7 Å². The van der Waals surface area contributed by atoms with E-state index in [-0.39, 0.29) is 26.2 Å². The smallest absolute Gasteiger partial charge is 0.200 e. The van der Waals surface area contributed by atoms with Crippen molar-refractivity contribution in [1.82, 2.24) is 0 Å². The van der Waals surface area contributed by atoms with E-state index in [0.29, 0.717) is 12.7 Å². The summed E-state index contributed by atoms with van der Waals surface area (Å²) in [6.07, 6.45) is -2.57. The molecule has 1 spiro atoms. The summed E-state index contributed by atoms with van der Waals surface area (Å²) in [6.45, 7) is 1.86. The lowest BCUT2D eigenvalue weighted by Crippen LogP contribution is -2.75. The van der Waals surface area contributed by atoms with Gasteiger partial charge in [0.15, 0.2) is 35.7 Å². The summed E-state index contributed by atoms with van der Waals surface area (Å²) < 4.78 is 49.0. The van der Waals surface area contributed by atoms with Gasteiger partial charge in [0.25, 0.3) is 0 Å². The lowest BCUT2D eigenvalue weighted by Gasteiger charge is -2.52. The van der Waals surface area contributed by atoms with Crippen LogP contribution >= 0.6 is 0 Å². The molecule has 0 aliphatic carbocycles. The van der Waals surface area contributed by atoms with Crippen molar-refractivity contribution < 1.29 is 47.8 Å². The molecule has 0 saturated carbocycles. The van der Waals surface area contributed by atoms with E-state index < -0.39 is 47.4 Å². The summed E-state index contributed by atoms with van der Waals surface area (Å²) in [7, 11) is 4.49. The van der Waals surface area contributed by atoms with Crippen molar-refractivity contribution in [1.29, 1.82) is 0 Å². The van der Waals surface area contributed by atoms with Crippen LogP contribution in [-0.4, -0.2) is 86.7 Å². The standard InChI is InChI=1S/C30H38O10/c1-27(35-4)30(32)23(17-31)39-29(16-15-24(33-2)34-3)26(37-19-22-13-9-6-10-14-22)25(28(30,40-29)20-38-27)36-18-21-11-7-5-8-12-21/h5-14,17,23-26,32H,15-16,18-20H2,1-4H3/t23-,25-,26-,27?,28-,29+,30-/m1/s1. The Bertz CT molecular complexity index is 1130. The van der Waals surface area contributed by atoms with E-state index in [2.05, 4.69) is 0 Å². The second-order valence-corrected chi connectivity index (χ2v) is 10.6. The van der Waals surface area contributed by atoms with Gasteiger partial charge in [0.2, 0.25) is 5.79 Å². The molecule has 1 N–H and O–H groups in total. The highest BCUT2D eigenvalue weighted by Gasteiger charge is 2.85. The molecule has 3 heterocycles. The maximum Gasteiger partial charge on any atom is 0.200 e. The summed E-state index contributed by atoms with van der Waals surface area (Å²) in [5.41, 5.74) is -1.78. The molecule has 7 atom stereocenters. The molecule has 0 radical (unpaired) electrons. The van der Waals surface area contributed by atoms with Crippen LogP contribution in [0.3, 0.4) is 0 Å². The fourth-order valence-corrected chi connectivity index (χ4v) is 6.25. The largest absolute Gasteiger partial charge is 0.378 e. The summed E-state index contributed by atoms with van der Waals surface area (Å²) in [5.74, 6) is -3.12. The molecule has 10 heteroatoms. The lowest BCUT2D eigenvalue weighted by atomic mass is 9.73. The number of benzene rings is 2. The Kier molecular flexibility index (Phi) is 8.45. The first kappa shape index (κ1) is 29.2. The molecule has 2 aromatic rings. The Morgan fingerprint density at radius 3 is 2.05 bits per heavy atom. The van der Waals surface area contributed by atoms with Gasteiger partial charge in [-0.15, -0.1) is 0 Å². The average molecular weight is 559 g/mol. The number of ether oxygens (including phenoxy) is 8. The zero-order chi connectivity index (χ0) is 28.4. The highest BCUT2D eigenvalue weighted by Crippen LogP contribution is 2.62. The van der Waals surface area contributed by atoms with E-state index in [9.17, 15) is 9.90 Å². The number of carbonyl (C=O) groups excluding carboxylic acids is 1. The number of carbonyl (C=O) groups is 1. The predicted molar refractivity (Wildman–Crippen MR) is 141 cm³/mol. The Morgan fingerprint density at radius 1 is 0.950 bits per heavy atom. The predicted octanol–water partition coefficient (Wildman–Crippen LogP) is 2.74. The molecule has 1 unspecified atom stereocenters. The molecule has 3 aliphatic heterocycles. The quantitative estimate of drug-likeness (QED) is 0.291. The molecule has 40 heavy (non-hydrogen) atoms. The molecule has 10 nitrogen and oxygen atoms in total. The Hall–Kier alpha value is -2.25. The molecule has 2 bridgehead atoms. The van der Waals surface area contributed by atoms with Crippen LogP contribution < -0.4 is 0 Å². The van der Waals surface area contributed by atoms with E-state index >= 15 is 0 Å². The molecule has 3 fully saturated rings. The topological polar surface area (TPSA) is 111 Å². The maximum absolute atomic E-state index is 12.6. The number of rotatable bonds is 13. The van der Waals surface area contributed by atoms with Gasteiger partial charge in [-0.1, -0.05) is 60.7 Å². The van der Waals surface area contributed by atoms with Crippen LogP contribution in [0.4, 0.5) is 0 Å². The van der Waals surface area contributed by atoms with Crippen molar-refractivity contribution in [3.8, 4) is 0 Å².